The Bertz CT molecular complexity index is 1160. The summed E-state index contributed by atoms with van der Waals surface area (Å²) >= 11 is 0. The highest BCUT2D eigenvalue weighted by Gasteiger charge is 2.45. The summed E-state index contributed by atoms with van der Waals surface area (Å²) in [6, 6.07) is 3.48. The molecule has 1 aliphatic heterocycles. The molecule has 3 aromatic heterocycles. The van der Waals surface area contributed by atoms with Crippen LogP contribution in [0.15, 0.2) is 30.9 Å². The lowest BCUT2D eigenvalue weighted by atomic mass is 10.1. The summed E-state index contributed by atoms with van der Waals surface area (Å²) in [4.78, 5) is 16.9. The zero-order valence-electron chi connectivity index (χ0n) is 15.7. The Balaban J connectivity index is 1.66. The maximum absolute atomic E-state index is 11.5. The molecule has 0 radical (unpaired) electrons. The Morgan fingerprint density at radius 2 is 2.13 bits per heavy atom. The molecule has 1 saturated heterocycles. The number of aliphatic hydroxyl groups excluding tert-OH is 2. The molecule has 4 atom stereocenters. The number of imidazole rings is 1. The minimum absolute atomic E-state index is 0.116. The van der Waals surface area contributed by atoms with Crippen LogP contribution in [0.1, 0.15) is 6.23 Å². The van der Waals surface area contributed by atoms with E-state index >= 15 is 0 Å². The second kappa shape index (κ2) is 7.82. The number of ether oxygens (including phenoxy) is 1. The number of aliphatic hydroxyl groups is 2. The molecule has 0 aliphatic carbocycles. The predicted octanol–water partition coefficient (Wildman–Crippen LogP) is -1.43. The number of nitrogens with zero attached hydrogens (tertiary/aromatic N) is 5. The van der Waals surface area contributed by atoms with Crippen LogP contribution in [0.5, 0.6) is 0 Å². The average Bonchev–Trinajstić information content (AvgIpc) is 3.29. The van der Waals surface area contributed by atoms with E-state index in [2.05, 4.69) is 19.9 Å². The molecule has 14 heteroatoms. The van der Waals surface area contributed by atoms with Gasteiger partial charge in [0.25, 0.3) is 0 Å². The van der Waals surface area contributed by atoms with Crippen LogP contribution in [0, 0.1) is 0 Å². The first-order chi connectivity index (χ1) is 14.3. The molecule has 0 unspecified atom stereocenters. The van der Waals surface area contributed by atoms with E-state index in [1.54, 1.807) is 24.5 Å². The van der Waals surface area contributed by atoms with Crippen molar-refractivity contribution in [3.63, 3.8) is 0 Å². The Hall–Kier alpha value is -2.75. The van der Waals surface area contributed by atoms with Crippen molar-refractivity contribution in [2.45, 2.75) is 24.5 Å². The molecule has 0 saturated carbocycles. The van der Waals surface area contributed by atoms with Crippen LogP contribution < -0.4 is 10.5 Å². The summed E-state index contributed by atoms with van der Waals surface area (Å²) in [6.45, 7) is -0.497. The lowest BCUT2D eigenvalue weighted by Crippen LogP contribution is -2.35. The fraction of sp³-hybridized carbons (Fsp3) is 0.375. The first kappa shape index (κ1) is 20.5. The normalized spacial score (nSPS) is 24.5. The van der Waals surface area contributed by atoms with E-state index in [1.807, 2.05) is 4.72 Å². The largest absolute Gasteiger partial charge is 0.387 e. The summed E-state index contributed by atoms with van der Waals surface area (Å²) < 4.78 is 36.7. The van der Waals surface area contributed by atoms with Crippen molar-refractivity contribution in [1.82, 2.24) is 29.2 Å². The smallest absolute Gasteiger partial charge is 0.335 e. The van der Waals surface area contributed by atoms with Crippen LogP contribution in [0.2, 0.25) is 0 Å². The molecule has 1 aliphatic rings. The number of fused-ring (bicyclic) bond motifs is 1. The number of pyridine rings is 1. The van der Waals surface area contributed by atoms with E-state index in [9.17, 15) is 18.6 Å². The highest BCUT2D eigenvalue weighted by Crippen LogP contribution is 2.33. The summed E-state index contributed by atoms with van der Waals surface area (Å²) in [6.07, 6.45) is -0.494. The number of hydrogen-bond acceptors (Lipinski definition) is 11. The predicted molar refractivity (Wildman–Crippen MR) is 103 cm³/mol. The molecule has 1 fully saturated rings. The molecule has 4 rings (SSSR count). The van der Waals surface area contributed by atoms with Crippen LogP contribution in [0.3, 0.4) is 0 Å². The van der Waals surface area contributed by atoms with Crippen molar-refractivity contribution in [2.24, 2.45) is 0 Å². The van der Waals surface area contributed by atoms with Crippen LogP contribution in [0.25, 0.3) is 22.6 Å². The molecule has 13 nitrogen and oxygen atoms in total. The quantitative estimate of drug-likeness (QED) is 0.354. The summed E-state index contributed by atoms with van der Waals surface area (Å²) in [5, 5.41) is 20.8. The molecule has 0 spiro atoms. The Morgan fingerprint density at radius 1 is 1.33 bits per heavy atom. The number of rotatable bonds is 6. The van der Waals surface area contributed by atoms with E-state index in [1.165, 1.54) is 17.9 Å². The van der Waals surface area contributed by atoms with Gasteiger partial charge in [-0.25, -0.2) is 15.0 Å². The molecule has 0 bridgehead atoms. The van der Waals surface area contributed by atoms with Crippen molar-refractivity contribution in [2.75, 3.05) is 19.4 Å². The molecule has 4 heterocycles. The Labute approximate surface area is 170 Å². The molecule has 160 valence electrons. The van der Waals surface area contributed by atoms with Gasteiger partial charge in [0.05, 0.1) is 12.9 Å². The SMILES string of the molecule is CNS(=O)(=O)OC[C@H]1O[C@@H](n2cnc3c(N)nc(-c4cccnc4)nc32)[C@H](O)[C@@H]1O. The van der Waals surface area contributed by atoms with E-state index in [4.69, 9.17) is 14.7 Å². The van der Waals surface area contributed by atoms with Gasteiger partial charge >= 0.3 is 10.3 Å². The lowest BCUT2D eigenvalue weighted by Gasteiger charge is -2.16. The fourth-order valence-electron chi connectivity index (χ4n) is 3.06. The van der Waals surface area contributed by atoms with Crippen molar-refractivity contribution in [1.29, 1.82) is 0 Å². The van der Waals surface area contributed by atoms with Crippen LogP contribution in [-0.4, -0.2) is 75.1 Å². The van der Waals surface area contributed by atoms with Crippen molar-refractivity contribution in [3.05, 3.63) is 30.9 Å². The van der Waals surface area contributed by atoms with Gasteiger partial charge in [0, 0.05) is 25.0 Å². The second-order valence-electron chi connectivity index (χ2n) is 6.49. The fourth-order valence-corrected chi connectivity index (χ4v) is 3.49. The van der Waals surface area contributed by atoms with Gasteiger partial charge in [-0.1, -0.05) is 0 Å². The summed E-state index contributed by atoms with van der Waals surface area (Å²) in [5.41, 5.74) is 7.18. The van der Waals surface area contributed by atoms with Gasteiger partial charge in [-0.3, -0.25) is 13.7 Å². The van der Waals surface area contributed by atoms with Gasteiger partial charge < -0.3 is 20.7 Å². The molecule has 3 aromatic rings. The Kier molecular flexibility index (Phi) is 5.35. The maximum Gasteiger partial charge on any atom is 0.335 e. The number of nitrogens with one attached hydrogen (secondary N) is 1. The van der Waals surface area contributed by atoms with Crippen molar-refractivity contribution < 1.29 is 27.6 Å². The topological polar surface area (TPSA) is 188 Å². The van der Waals surface area contributed by atoms with Crippen LogP contribution >= 0.6 is 0 Å². The number of aromatic nitrogens is 5. The zero-order valence-corrected chi connectivity index (χ0v) is 16.5. The molecule has 30 heavy (non-hydrogen) atoms. The number of nitrogens with two attached hydrogens (primary N) is 1. The van der Waals surface area contributed by atoms with Gasteiger partial charge in [0.2, 0.25) is 0 Å². The maximum atomic E-state index is 11.5. The molecule has 0 aromatic carbocycles. The van der Waals surface area contributed by atoms with Crippen molar-refractivity contribution in [3.8, 4) is 11.4 Å². The monoisotopic (exact) mass is 437 g/mol. The third-order valence-corrected chi connectivity index (χ3v) is 5.56. The third kappa shape index (κ3) is 3.71. The van der Waals surface area contributed by atoms with Crippen LogP contribution in [-0.2, 0) is 19.2 Å². The van der Waals surface area contributed by atoms with Gasteiger partial charge in [0.15, 0.2) is 23.5 Å². The average molecular weight is 437 g/mol. The zero-order chi connectivity index (χ0) is 21.5. The lowest BCUT2D eigenvalue weighted by molar-refractivity contribution is -0.0468. The van der Waals surface area contributed by atoms with Gasteiger partial charge in [-0.15, -0.1) is 0 Å². The van der Waals surface area contributed by atoms with Gasteiger partial charge in [-0.05, 0) is 12.1 Å². The highest BCUT2D eigenvalue weighted by molar-refractivity contribution is 7.84. The Morgan fingerprint density at radius 3 is 2.83 bits per heavy atom. The molecular weight excluding hydrogens is 418 g/mol. The highest BCUT2D eigenvalue weighted by atomic mass is 32.2. The third-order valence-electron chi connectivity index (χ3n) is 4.62. The minimum atomic E-state index is -3.98. The van der Waals surface area contributed by atoms with Crippen LogP contribution in [0.4, 0.5) is 5.82 Å². The standard InChI is InChI=1S/C16H19N7O6S/c1-18-30(26,27)28-6-9-11(24)12(25)16(29-9)23-7-20-10-13(17)21-14(22-15(10)23)8-3-2-4-19-5-8/h2-5,7,9,11-12,16,18,24-25H,6H2,1H3,(H2,17,21,22)/t9-,11-,12-,16-/m1/s1. The second-order valence-corrected chi connectivity index (χ2v) is 8.04. The van der Waals surface area contributed by atoms with E-state index < -0.39 is 41.5 Å². The summed E-state index contributed by atoms with van der Waals surface area (Å²) in [7, 11) is -2.80. The first-order valence-electron chi connectivity index (χ1n) is 8.80. The summed E-state index contributed by atoms with van der Waals surface area (Å²) in [5.74, 6) is 0.411. The number of anilines is 1. The van der Waals surface area contributed by atoms with E-state index in [-0.39, 0.29) is 17.0 Å². The van der Waals surface area contributed by atoms with Gasteiger partial charge in [0.1, 0.15) is 23.8 Å². The number of nitrogen functional groups attached to an aromatic ring is 1. The van der Waals surface area contributed by atoms with E-state index in [0.717, 1.165) is 0 Å². The minimum Gasteiger partial charge on any atom is -0.387 e. The van der Waals surface area contributed by atoms with E-state index in [0.29, 0.717) is 11.4 Å². The molecule has 0 amide bonds. The number of hydrogen-bond donors (Lipinski definition) is 4. The first-order valence-corrected chi connectivity index (χ1v) is 10.2. The van der Waals surface area contributed by atoms with Gasteiger partial charge in [-0.2, -0.15) is 13.1 Å². The molecule has 5 N–H and O–H groups in total. The van der Waals surface area contributed by atoms with Crippen molar-refractivity contribution >= 4 is 27.3 Å². The molecular formula is C16H19N7O6S.